The average Bonchev–Trinajstić information content (AvgIpc) is 3.15. The minimum absolute atomic E-state index is 0.196. The van der Waals surface area contributed by atoms with Crippen molar-refractivity contribution in [2.45, 2.75) is 6.92 Å². The molecule has 3 aromatic rings. The number of amides is 3. The SMILES string of the molecule is CNC(=O)NNC(=O)COc1cc2sc(C)nc2c2sccc12. The lowest BCUT2D eigenvalue weighted by atomic mass is 10.2. The van der Waals surface area contributed by atoms with Gasteiger partial charge in [-0.1, -0.05) is 0 Å². The largest absolute Gasteiger partial charge is 0.483 e. The number of benzene rings is 1. The molecule has 0 fully saturated rings. The molecule has 0 aliphatic rings. The number of thiazole rings is 1. The number of aryl methyl sites for hydroxylation is 1. The highest BCUT2D eigenvalue weighted by atomic mass is 32.1. The van der Waals surface area contributed by atoms with Gasteiger partial charge in [-0.2, -0.15) is 0 Å². The van der Waals surface area contributed by atoms with Crippen molar-refractivity contribution in [1.29, 1.82) is 0 Å². The van der Waals surface area contributed by atoms with Crippen LogP contribution >= 0.6 is 22.7 Å². The average molecular weight is 350 g/mol. The van der Waals surface area contributed by atoms with Crippen molar-refractivity contribution >= 4 is 54.9 Å². The standard InChI is InChI=1S/C14H14N4O3S2/c1-7-16-12-10(23-7)5-9(8-3-4-22-13(8)12)21-6-11(19)17-18-14(20)15-2/h3-5H,6H2,1-2H3,(H,17,19)(H2,15,18,20). The zero-order valence-electron chi connectivity index (χ0n) is 12.4. The molecule has 0 saturated heterocycles. The number of urea groups is 1. The van der Waals surface area contributed by atoms with Crippen LogP contribution in [0.5, 0.6) is 5.75 Å². The van der Waals surface area contributed by atoms with Gasteiger partial charge in [-0.3, -0.25) is 10.2 Å². The minimum Gasteiger partial charge on any atom is -0.483 e. The molecular formula is C14H14N4O3S2. The third-order valence-corrected chi connectivity index (χ3v) is 4.91. The fourth-order valence-corrected chi connectivity index (χ4v) is 3.91. The first-order valence-electron chi connectivity index (χ1n) is 6.75. The van der Waals surface area contributed by atoms with Crippen LogP contribution in [0.4, 0.5) is 4.79 Å². The second-order valence-corrected chi connectivity index (χ2v) is 6.81. The van der Waals surface area contributed by atoms with Crippen LogP contribution in [0.25, 0.3) is 20.3 Å². The lowest BCUT2D eigenvalue weighted by Crippen LogP contribution is -2.47. The van der Waals surface area contributed by atoms with Crippen molar-refractivity contribution in [3.63, 3.8) is 0 Å². The maximum Gasteiger partial charge on any atom is 0.333 e. The Kier molecular flexibility index (Phi) is 4.30. The summed E-state index contributed by atoms with van der Waals surface area (Å²) >= 11 is 3.18. The summed E-state index contributed by atoms with van der Waals surface area (Å²) in [4.78, 5) is 27.2. The quantitative estimate of drug-likeness (QED) is 0.631. The zero-order chi connectivity index (χ0) is 16.4. The Hall–Kier alpha value is -2.39. The van der Waals surface area contributed by atoms with Crippen LogP contribution in [0.3, 0.4) is 0 Å². The van der Waals surface area contributed by atoms with Crippen LogP contribution in [0.2, 0.25) is 0 Å². The summed E-state index contributed by atoms with van der Waals surface area (Å²) in [6.45, 7) is 1.76. The van der Waals surface area contributed by atoms with Gasteiger partial charge in [-0.15, -0.1) is 22.7 Å². The van der Waals surface area contributed by atoms with E-state index in [1.54, 1.807) is 22.7 Å². The van der Waals surface area contributed by atoms with Gasteiger partial charge in [-0.05, 0) is 18.4 Å². The van der Waals surface area contributed by atoms with Gasteiger partial charge in [0.1, 0.15) is 5.75 Å². The molecule has 0 aliphatic heterocycles. The van der Waals surface area contributed by atoms with E-state index in [1.165, 1.54) is 7.05 Å². The predicted molar refractivity (Wildman–Crippen MR) is 91.0 cm³/mol. The molecule has 0 bridgehead atoms. The molecule has 0 radical (unpaired) electrons. The Morgan fingerprint density at radius 1 is 1.35 bits per heavy atom. The van der Waals surface area contributed by atoms with E-state index in [0.717, 1.165) is 25.3 Å². The summed E-state index contributed by atoms with van der Waals surface area (Å²) in [6, 6.07) is 3.35. The van der Waals surface area contributed by atoms with Gasteiger partial charge in [-0.25, -0.2) is 15.2 Å². The van der Waals surface area contributed by atoms with Crippen LogP contribution in [0, 0.1) is 6.92 Å². The Balaban J connectivity index is 1.78. The van der Waals surface area contributed by atoms with E-state index in [1.807, 2.05) is 24.4 Å². The summed E-state index contributed by atoms with van der Waals surface area (Å²) in [7, 11) is 1.46. The number of nitrogens with one attached hydrogen (secondary N) is 3. The number of hydrazine groups is 1. The van der Waals surface area contributed by atoms with E-state index in [2.05, 4.69) is 21.2 Å². The molecule has 0 aliphatic carbocycles. The molecule has 0 saturated carbocycles. The molecule has 2 aromatic heterocycles. The molecule has 3 rings (SSSR count). The molecule has 1 aromatic carbocycles. The normalized spacial score (nSPS) is 10.7. The number of nitrogens with zero attached hydrogens (tertiary/aromatic N) is 1. The number of aromatic nitrogens is 1. The molecule has 120 valence electrons. The van der Waals surface area contributed by atoms with Crippen LogP contribution in [-0.2, 0) is 4.79 Å². The summed E-state index contributed by atoms with van der Waals surface area (Å²) in [5.74, 6) is 0.185. The van der Waals surface area contributed by atoms with E-state index in [-0.39, 0.29) is 6.61 Å². The number of hydrogen-bond donors (Lipinski definition) is 3. The first-order valence-corrected chi connectivity index (χ1v) is 8.45. The second kappa shape index (κ2) is 6.39. The fraction of sp³-hybridized carbons (Fsp3) is 0.214. The molecule has 3 amide bonds. The fourth-order valence-electron chi connectivity index (χ4n) is 2.07. The van der Waals surface area contributed by atoms with E-state index in [4.69, 9.17) is 4.74 Å². The molecule has 0 spiro atoms. The lowest BCUT2D eigenvalue weighted by Gasteiger charge is -2.09. The number of fused-ring (bicyclic) bond motifs is 3. The highest BCUT2D eigenvalue weighted by molar-refractivity contribution is 7.21. The first-order chi connectivity index (χ1) is 11.1. The van der Waals surface area contributed by atoms with Gasteiger partial charge < -0.3 is 10.1 Å². The zero-order valence-corrected chi connectivity index (χ0v) is 14.1. The van der Waals surface area contributed by atoms with Gasteiger partial charge in [0.15, 0.2) is 6.61 Å². The predicted octanol–water partition coefficient (Wildman–Crippen LogP) is 2.16. The molecular weight excluding hydrogens is 336 g/mol. The molecule has 23 heavy (non-hydrogen) atoms. The number of ether oxygens (including phenoxy) is 1. The molecule has 9 heteroatoms. The van der Waals surface area contributed by atoms with Gasteiger partial charge in [0.05, 0.1) is 19.9 Å². The number of hydrogen-bond acceptors (Lipinski definition) is 6. The summed E-state index contributed by atoms with van der Waals surface area (Å²) in [5, 5.41) is 6.21. The summed E-state index contributed by atoms with van der Waals surface area (Å²) in [6.07, 6.45) is 0. The summed E-state index contributed by atoms with van der Waals surface area (Å²) in [5.41, 5.74) is 5.42. The Morgan fingerprint density at radius 2 is 2.17 bits per heavy atom. The first kappa shape index (κ1) is 15.5. The van der Waals surface area contributed by atoms with Crippen LogP contribution in [-0.4, -0.2) is 30.6 Å². The third-order valence-electron chi connectivity index (χ3n) is 3.07. The molecule has 0 atom stereocenters. The van der Waals surface area contributed by atoms with Gasteiger partial charge in [0.25, 0.3) is 5.91 Å². The van der Waals surface area contributed by atoms with Crippen molar-refractivity contribution in [1.82, 2.24) is 21.2 Å². The van der Waals surface area contributed by atoms with Crippen molar-refractivity contribution in [2.24, 2.45) is 0 Å². The Bertz CT molecular complexity index is 887. The second-order valence-electron chi connectivity index (χ2n) is 4.66. The molecule has 2 heterocycles. The van der Waals surface area contributed by atoms with E-state index in [9.17, 15) is 9.59 Å². The summed E-state index contributed by atoms with van der Waals surface area (Å²) < 4.78 is 7.70. The number of carbonyl (C=O) groups excluding carboxylic acids is 2. The third kappa shape index (κ3) is 3.20. The van der Waals surface area contributed by atoms with Gasteiger partial charge >= 0.3 is 6.03 Å². The maximum absolute atomic E-state index is 11.7. The van der Waals surface area contributed by atoms with Crippen LogP contribution in [0.15, 0.2) is 17.5 Å². The van der Waals surface area contributed by atoms with Crippen molar-refractivity contribution in [3.05, 3.63) is 22.5 Å². The Morgan fingerprint density at radius 3 is 2.96 bits per heavy atom. The Labute approximate surface area is 139 Å². The smallest absolute Gasteiger partial charge is 0.333 e. The van der Waals surface area contributed by atoms with Crippen LogP contribution < -0.4 is 20.9 Å². The monoisotopic (exact) mass is 350 g/mol. The number of carbonyl (C=O) groups is 2. The lowest BCUT2D eigenvalue weighted by molar-refractivity contribution is -0.123. The van der Waals surface area contributed by atoms with E-state index in [0.29, 0.717) is 5.75 Å². The van der Waals surface area contributed by atoms with Crippen molar-refractivity contribution < 1.29 is 14.3 Å². The molecule has 7 nitrogen and oxygen atoms in total. The van der Waals surface area contributed by atoms with Crippen LogP contribution in [0.1, 0.15) is 5.01 Å². The van der Waals surface area contributed by atoms with E-state index >= 15 is 0 Å². The number of thiophene rings is 1. The molecule has 0 unspecified atom stereocenters. The number of rotatable bonds is 3. The van der Waals surface area contributed by atoms with Gasteiger partial charge in [0, 0.05) is 18.5 Å². The minimum atomic E-state index is -0.500. The highest BCUT2D eigenvalue weighted by Crippen LogP contribution is 2.38. The van der Waals surface area contributed by atoms with Crippen molar-refractivity contribution in [3.8, 4) is 5.75 Å². The van der Waals surface area contributed by atoms with Crippen molar-refractivity contribution in [2.75, 3.05) is 13.7 Å². The van der Waals surface area contributed by atoms with Gasteiger partial charge in [0.2, 0.25) is 0 Å². The highest BCUT2D eigenvalue weighted by Gasteiger charge is 2.13. The topological polar surface area (TPSA) is 92.4 Å². The van der Waals surface area contributed by atoms with E-state index < -0.39 is 11.9 Å². The molecule has 3 N–H and O–H groups in total. The maximum atomic E-state index is 11.7.